The Labute approximate surface area is 181 Å². The van der Waals surface area contributed by atoms with E-state index in [1.54, 1.807) is 19.1 Å². The number of anilines is 1. The van der Waals surface area contributed by atoms with Crippen molar-refractivity contribution in [1.29, 1.82) is 0 Å². The number of amides is 1. The fourth-order valence-electron chi connectivity index (χ4n) is 3.39. The number of morpholine rings is 1. The number of carbonyl (C=O) groups excluding carboxylic acids is 1. The van der Waals surface area contributed by atoms with E-state index in [9.17, 15) is 9.59 Å². The van der Waals surface area contributed by atoms with Crippen LogP contribution in [0.3, 0.4) is 0 Å². The molecule has 0 aliphatic carbocycles. The molecule has 2 aromatic rings. The summed E-state index contributed by atoms with van der Waals surface area (Å²) >= 11 is 0. The Morgan fingerprint density at radius 3 is 2.65 bits per heavy atom. The number of aromatic amines is 1. The van der Waals surface area contributed by atoms with Crippen molar-refractivity contribution >= 4 is 11.9 Å². The summed E-state index contributed by atoms with van der Waals surface area (Å²) in [6.45, 7) is 5.21. The summed E-state index contributed by atoms with van der Waals surface area (Å²) in [6, 6.07) is 7.38. The maximum Gasteiger partial charge on any atom is 0.255 e. The van der Waals surface area contributed by atoms with Crippen molar-refractivity contribution in [2.24, 2.45) is 0 Å². The summed E-state index contributed by atoms with van der Waals surface area (Å²) in [6.07, 6.45) is 0.571. The fraction of sp³-hybridized carbons (Fsp3) is 0.500. The van der Waals surface area contributed by atoms with Gasteiger partial charge in [-0.3, -0.25) is 14.6 Å². The van der Waals surface area contributed by atoms with Gasteiger partial charge in [-0.05, 0) is 25.5 Å². The maximum atomic E-state index is 12.6. The molecule has 1 aromatic carbocycles. The van der Waals surface area contributed by atoms with Crippen LogP contribution >= 0.6 is 0 Å². The van der Waals surface area contributed by atoms with E-state index in [0.29, 0.717) is 74.6 Å². The van der Waals surface area contributed by atoms with Crippen LogP contribution in [0.4, 0.5) is 5.95 Å². The van der Waals surface area contributed by atoms with Crippen LogP contribution in [0.1, 0.15) is 17.7 Å². The molecule has 1 saturated heterocycles. The van der Waals surface area contributed by atoms with Crippen molar-refractivity contribution in [3.8, 4) is 11.5 Å². The van der Waals surface area contributed by atoms with Crippen LogP contribution in [0.2, 0.25) is 0 Å². The van der Waals surface area contributed by atoms with E-state index >= 15 is 0 Å². The first-order valence-corrected chi connectivity index (χ1v) is 10.4. The predicted octanol–water partition coefficient (Wildman–Crippen LogP) is 1.39. The lowest BCUT2D eigenvalue weighted by Crippen LogP contribution is -2.38. The lowest BCUT2D eigenvalue weighted by atomic mass is 10.1. The molecule has 31 heavy (non-hydrogen) atoms. The van der Waals surface area contributed by atoms with Gasteiger partial charge >= 0.3 is 0 Å². The Hall–Kier alpha value is -3.07. The molecular formula is C22H30N4O5. The summed E-state index contributed by atoms with van der Waals surface area (Å²) in [5.74, 6) is 1.80. The molecule has 9 nitrogen and oxygen atoms in total. The van der Waals surface area contributed by atoms with Crippen molar-refractivity contribution in [2.45, 2.75) is 19.8 Å². The van der Waals surface area contributed by atoms with Crippen LogP contribution in [0.5, 0.6) is 11.5 Å². The van der Waals surface area contributed by atoms with Gasteiger partial charge in [-0.2, -0.15) is 0 Å². The smallest absolute Gasteiger partial charge is 0.255 e. The minimum absolute atomic E-state index is 0.0558. The molecule has 168 valence electrons. The Morgan fingerprint density at radius 2 is 1.97 bits per heavy atom. The molecule has 3 rings (SSSR count). The molecule has 1 N–H and O–H groups in total. The molecule has 1 amide bonds. The number of rotatable bonds is 9. The van der Waals surface area contributed by atoms with Gasteiger partial charge in [0.2, 0.25) is 11.9 Å². The summed E-state index contributed by atoms with van der Waals surface area (Å²) < 4.78 is 16.3. The number of H-pyrrole nitrogens is 1. The monoisotopic (exact) mass is 430 g/mol. The largest absolute Gasteiger partial charge is 0.493 e. The number of aryl methyl sites for hydroxylation is 1. The van der Waals surface area contributed by atoms with Gasteiger partial charge in [0.25, 0.3) is 5.56 Å². The first-order chi connectivity index (χ1) is 15.0. The SMILES string of the molecule is COc1ccccc1OCCN(C)C(=O)CCc1c(C)nc(N2CCOCC2)[nH]c1=O. The number of carbonyl (C=O) groups is 1. The van der Waals surface area contributed by atoms with Crippen LogP contribution in [-0.4, -0.2) is 74.4 Å². The molecule has 9 heteroatoms. The zero-order valence-electron chi connectivity index (χ0n) is 18.3. The van der Waals surface area contributed by atoms with Crippen molar-refractivity contribution in [3.05, 3.63) is 45.9 Å². The van der Waals surface area contributed by atoms with Gasteiger partial charge in [0.15, 0.2) is 11.5 Å². The molecule has 0 unspecified atom stereocenters. The number of hydrogen-bond acceptors (Lipinski definition) is 7. The molecule has 0 spiro atoms. The van der Waals surface area contributed by atoms with Crippen LogP contribution in [0.15, 0.2) is 29.1 Å². The fourth-order valence-corrected chi connectivity index (χ4v) is 3.39. The van der Waals surface area contributed by atoms with E-state index in [1.807, 2.05) is 36.1 Å². The number of para-hydroxylation sites is 2. The molecule has 0 atom stereocenters. The number of aromatic nitrogens is 2. The van der Waals surface area contributed by atoms with Gasteiger partial charge in [0.1, 0.15) is 6.61 Å². The van der Waals surface area contributed by atoms with E-state index in [2.05, 4.69) is 9.97 Å². The molecule has 1 aliphatic heterocycles. The highest BCUT2D eigenvalue weighted by atomic mass is 16.5. The van der Waals surface area contributed by atoms with E-state index in [0.717, 1.165) is 0 Å². The minimum atomic E-state index is -0.191. The topological polar surface area (TPSA) is 97.0 Å². The lowest BCUT2D eigenvalue weighted by Gasteiger charge is -2.27. The zero-order valence-corrected chi connectivity index (χ0v) is 18.3. The predicted molar refractivity (Wildman–Crippen MR) is 117 cm³/mol. The number of benzene rings is 1. The molecule has 1 aliphatic rings. The lowest BCUT2D eigenvalue weighted by molar-refractivity contribution is -0.130. The van der Waals surface area contributed by atoms with E-state index in [4.69, 9.17) is 14.2 Å². The number of nitrogens with one attached hydrogen (secondary N) is 1. The third kappa shape index (κ3) is 5.97. The Balaban J connectivity index is 1.50. The highest BCUT2D eigenvalue weighted by Crippen LogP contribution is 2.25. The third-order valence-electron chi connectivity index (χ3n) is 5.29. The molecule has 0 saturated carbocycles. The van der Waals surface area contributed by atoms with Gasteiger partial charge in [0, 0.05) is 37.8 Å². The van der Waals surface area contributed by atoms with Gasteiger partial charge < -0.3 is 24.0 Å². The van der Waals surface area contributed by atoms with Gasteiger partial charge in [0.05, 0.1) is 26.9 Å². The first-order valence-electron chi connectivity index (χ1n) is 10.4. The Bertz CT molecular complexity index is 940. The van der Waals surface area contributed by atoms with Gasteiger partial charge in [-0.15, -0.1) is 0 Å². The van der Waals surface area contributed by atoms with Crippen LogP contribution in [-0.2, 0) is 16.0 Å². The normalized spacial score (nSPS) is 13.7. The number of nitrogens with zero attached hydrogens (tertiary/aromatic N) is 3. The molecule has 2 heterocycles. The quantitative estimate of drug-likeness (QED) is 0.642. The van der Waals surface area contributed by atoms with Gasteiger partial charge in [-0.1, -0.05) is 12.1 Å². The summed E-state index contributed by atoms with van der Waals surface area (Å²) in [5, 5.41) is 0. The molecule has 1 aromatic heterocycles. The molecular weight excluding hydrogens is 400 g/mol. The molecule has 1 fully saturated rings. The van der Waals surface area contributed by atoms with E-state index in [1.165, 1.54) is 0 Å². The third-order valence-corrected chi connectivity index (χ3v) is 5.29. The Kier molecular flexibility index (Phi) is 7.88. The average Bonchev–Trinajstić information content (AvgIpc) is 2.79. The zero-order chi connectivity index (χ0) is 22.2. The number of methoxy groups -OCH3 is 1. The van der Waals surface area contributed by atoms with Crippen LogP contribution in [0.25, 0.3) is 0 Å². The van der Waals surface area contributed by atoms with E-state index < -0.39 is 0 Å². The standard InChI is InChI=1S/C22H30N4O5/c1-16-17(21(28)24-22(23-16)26-11-13-30-14-12-26)8-9-20(27)25(2)10-15-31-19-7-5-4-6-18(19)29-3/h4-7H,8-15H2,1-3H3,(H,23,24,28). The van der Waals surface area contributed by atoms with Crippen molar-refractivity contribution in [3.63, 3.8) is 0 Å². The molecule has 0 radical (unpaired) electrons. The second kappa shape index (κ2) is 10.8. The van der Waals surface area contributed by atoms with Crippen molar-refractivity contribution < 1.29 is 19.0 Å². The number of ether oxygens (including phenoxy) is 3. The average molecular weight is 431 g/mol. The maximum absolute atomic E-state index is 12.6. The summed E-state index contributed by atoms with van der Waals surface area (Å²) in [7, 11) is 3.31. The second-order valence-corrected chi connectivity index (χ2v) is 7.37. The highest BCUT2D eigenvalue weighted by molar-refractivity contribution is 5.76. The number of hydrogen-bond donors (Lipinski definition) is 1. The van der Waals surface area contributed by atoms with Crippen LogP contribution < -0.4 is 19.9 Å². The minimum Gasteiger partial charge on any atom is -0.493 e. The van der Waals surface area contributed by atoms with Crippen molar-refractivity contribution in [1.82, 2.24) is 14.9 Å². The number of likely N-dealkylation sites (N-methyl/N-ethyl adjacent to an activating group) is 1. The first kappa shape index (κ1) is 22.6. The Morgan fingerprint density at radius 1 is 1.26 bits per heavy atom. The van der Waals surface area contributed by atoms with Crippen LogP contribution in [0, 0.1) is 6.92 Å². The summed E-state index contributed by atoms with van der Waals surface area (Å²) in [5.41, 5.74) is 1.01. The van der Waals surface area contributed by atoms with E-state index in [-0.39, 0.29) is 17.9 Å². The van der Waals surface area contributed by atoms with Crippen molar-refractivity contribution in [2.75, 3.05) is 58.5 Å². The highest BCUT2D eigenvalue weighted by Gasteiger charge is 2.17. The van der Waals surface area contributed by atoms with Gasteiger partial charge in [-0.25, -0.2) is 4.98 Å². The summed E-state index contributed by atoms with van der Waals surface area (Å²) in [4.78, 5) is 36.1. The molecule has 0 bridgehead atoms. The second-order valence-electron chi connectivity index (χ2n) is 7.37.